The minimum absolute atomic E-state index is 0.131. The lowest BCUT2D eigenvalue weighted by molar-refractivity contribution is 0.545. The van der Waals surface area contributed by atoms with E-state index in [-0.39, 0.29) is 6.04 Å². The molecule has 3 heteroatoms. The van der Waals surface area contributed by atoms with Crippen LogP contribution in [0.15, 0.2) is 16.7 Å². The molecular formula is C7H8N2O. The van der Waals surface area contributed by atoms with Crippen LogP contribution in [-0.4, -0.2) is 0 Å². The molecule has 0 radical (unpaired) electrons. The number of nitriles is 1. The first kappa shape index (κ1) is 6.84. The molecule has 0 aliphatic rings. The van der Waals surface area contributed by atoms with Gasteiger partial charge in [0.1, 0.15) is 6.07 Å². The van der Waals surface area contributed by atoms with Gasteiger partial charge in [0.15, 0.2) is 0 Å². The average Bonchev–Trinajstić information content (AvgIpc) is 2.33. The van der Waals surface area contributed by atoms with Gasteiger partial charge in [-0.1, -0.05) is 0 Å². The molecule has 1 rings (SSSR count). The predicted molar refractivity (Wildman–Crippen MR) is 36.0 cm³/mol. The van der Waals surface area contributed by atoms with E-state index < -0.39 is 0 Å². The molecule has 1 aromatic rings. The maximum absolute atomic E-state index is 8.46. The van der Waals surface area contributed by atoms with E-state index in [0.717, 1.165) is 5.56 Å². The van der Waals surface area contributed by atoms with Crippen LogP contribution in [0.1, 0.15) is 24.3 Å². The molecule has 1 aromatic heterocycles. The third kappa shape index (κ3) is 1.02. The fourth-order valence-corrected chi connectivity index (χ4v) is 0.769. The molecule has 0 saturated heterocycles. The second kappa shape index (κ2) is 2.54. The highest BCUT2D eigenvalue weighted by Crippen LogP contribution is 2.15. The van der Waals surface area contributed by atoms with Gasteiger partial charge in [-0.15, -0.1) is 0 Å². The maximum Gasteiger partial charge on any atom is 0.207 e. The van der Waals surface area contributed by atoms with Gasteiger partial charge in [-0.3, -0.25) is 0 Å². The second-order valence-corrected chi connectivity index (χ2v) is 2.11. The van der Waals surface area contributed by atoms with Crippen LogP contribution in [0, 0.1) is 11.3 Å². The van der Waals surface area contributed by atoms with Crippen LogP contribution in [0.4, 0.5) is 0 Å². The van der Waals surface area contributed by atoms with Crippen LogP contribution in [0.5, 0.6) is 0 Å². The lowest BCUT2D eigenvalue weighted by atomic mass is 10.1. The topological polar surface area (TPSA) is 62.9 Å². The fourth-order valence-electron chi connectivity index (χ4n) is 0.769. The summed E-state index contributed by atoms with van der Waals surface area (Å²) in [5, 5.41) is 8.46. The molecule has 1 unspecified atom stereocenters. The number of hydrogen-bond acceptors (Lipinski definition) is 3. The van der Waals surface area contributed by atoms with Gasteiger partial charge in [-0.05, 0) is 13.0 Å². The smallest absolute Gasteiger partial charge is 0.207 e. The molecule has 2 N–H and O–H groups in total. The molecule has 52 valence electrons. The highest BCUT2D eigenvalue weighted by molar-refractivity contribution is 5.30. The fraction of sp³-hybridized carbons (Fsp3) is 0.286. The van der Waals surface area contributed by atoms with E-state index in [4.69, 9.17) is 15.4 Å². The molecule has 1 heterocycles. The van der Waals surface area contributed by atoms with Gasteiger partial charge in [0.05, 0.1) is 6.26 Å². The van der Waals surface area contributed by atoms with Crippen molar-refractivity contribution in [2.45, 2.75) is 13.0 Å². The first-order chi connectivity index (χ1) is 4.75. The zero-order valence-electron chi connectivity index (χ0n) is 5.66. The molecule has 0 spiro atoms. The minimum Gasteiger partial charge on any atom is -0.454 e. The Morgan fingerprint density at radius 3 is 2.90 bits per heavy atom. The predicted octanol–water partition coefficient (Wildman–Crippen LogP) is 1.17. The molecule has 0 aromatic carbocycles. The van der Waals surface area contributed by atoms with Crippen molar-refractivity contribution < 1.29 is 4.42 Å². The number of furan rings is 1. The van der Waals surface area contributed by atoms with Crippen LogP contribution < -0.4 is 5.73 Å². The molecule has 0 amide bonds. The quantitative estimate of drug-likeness (QED) is 0.630. The Bertz CT molecular complexity index is 257. The molecule has 0 aliphatic carbocycles. The highest BCUT2D eigenvalue weighted by atomic mass is 16.3. The third-order valence-electron chi connectivity index (χ3n) is 1.29. The molecular weight excluding hydrogens is 128 g/mol. The molecule has 1 atom stereocenters. The summed E-state index contributed by atoms with van der Waals surface area (Å²) in [5.74, 6) is 0.315. The SMILES string of the molecule is CC(N)c1ccoc1C#N. The van der Waals surface area contributed by atoms with Crippen LogP contribution in [-0.2, 0) is 0 Å². The number of nitrogens with two attached hydrogens (primary N) is 1. The lowest BCUT2D eigenvalue weighted by Crippen LogP contribution is -2.04. The Morgan fingerprint density at radius 2 is 2.50 bits per heavy atom. The molecule has 10 heavy (non-hydrogen) atoms. The molecule has 0 fully saturated rings. The van der Waals surface area contributed by atoms with Crippen molar-refractivity contribution in [2.75, 3.05) is 0 Å². The van der Waals surface area contributed by atoms with E-state index in [9.17, 15) is 0 Å². The van der Waals surface area contributed by atoms with Gasteiger partial charge in [-0.25, -0.2) is 0 Å². The van der Waals surface area contributed by atoms with Crippen LogP contribution >= 0.6 is 0 Å². The Balaban J connectivity index is 3.05. The van der Waals surface area contributed by atoms with Gasteiger partial charge in [0.2, 0.25) is 5.76 Å². The normalized spacial score (nSPS) is 12.5. The van der Waals surface area contributed by atoms with Crippen molar-refractivity contribution in [3.8, 4) is 6.07 Å². The summed E-state index contributed by atoms with van der Waals surface area (Å²) in [6.07, 6.45) is 1.47. The van der Waals surface area contributed by atoms with Crippen molar-refractivity contribution in [1.82, 2.24) is 0 Å². The Hall–Kier alpha value is -1.27. The van der Waals surface area contributed by atoms with Gasteiger partial charge in [0, 0.05) is 11.6 Å². The first-order valence-electron chi connectivity index (χ1n) is 2.98. The monoisotopic (exact) mass is 136 g/mol. The van der Waals surface area contributed by atoms with E-state index in [2.05, 4.69) is 0 Å². The third-order valence-corrected chi connectivity index (χ3v) is 1.29. The summed E-state index contributed by atoms with van der Waals surface area (Å²) < 4.78 is 4.83. The zero-order chi connectivity index (χ0) is 7.56. The highest BCUT2D eigenvalue weighted by Gasteiger charge is 2.07. The van der Waals surface area contributed by atoms with E-state index in [1.54, 1.807) is 6.07 Å². The van der Waals surface area contributed by atoms with E-state index in [1.165, 1.54) is 6.26 Å². The maximum atomic E-state index is 8.46. The van der Waals surface area contributed by atoms with Crippen molar-refractivity contribution >= 4 is 0 Å². The Kier molecular flexibility index (Phi) is 1.74. The minimum atomic E-state index is -0.131. The first-order valence-corrected chi connectivity index (χ1v) is 2.98. The molecule has 3 nitrogen and oxygen atoms in total. The standard InChI is InChI=1S/C7H8N2O/c1-5(9)6-2-3-10-7(6)4-8/h2-3,5H,9H2,1H3. The summed E-state index contributed by atoms with van der Waals surface area (Å²) in [6, 6.07) is 3.49. The van der Waals surface area contributed by atoms with Gasteiger partial charge in [-0.2, -0.15) is 5.26 Å². The van der Waals surface area contributed by atoms with Crippen molar-refractivity contribution in [1.29, 1.82) is 5.26 Å². The Morgan fingerprint density at radius 1 is 1.80 bits per heavy atom. The summed E-state index contributed by atoms with van der Waals surface area (Å²) in [6.45, 7) is 1.81. The summed E-state index contributed by atoms with van der Waals surface area (Å²) >= 11 is 0. The summed E-state index contributed by atoms with van der Waals surface area (Å²) in [7, 11) is 0. The molecule has 0 bridgehead atoms. The number of hydrogen-bond donors (Lipinski definition) is 1. The van der Waals surface area contributed by atoms with Gasteiger partial charge in [0.25, 0.3) is 0 Å². The van der Waals surface area contributed by atoms with Gasteiger partial charge < -0.3 is 10.2 Å². The molecule has 0 aliphatic heterocycles. The van der Waals surface area contributed by atoms with Crippen molar-refractivity contribution in [3.63, 3.8) is 0 Å². The summed E-state index contributed by atoms with van der Waals surface area (Å²) in [4.78, 5) is 0. The number of nitrogens with zero attached hydrogens (tertiary/aromatic N) is 1. The van der Waals surface area contributed by atoms with Crippen LogP contribution in [0.2, 0.25) is 0 Å². The zero-order valence-corrected chi connectivity index (χ0v) is 5.66. The van der Waals surface area contributed by atoms with E-state index in [1.807, 2.05) is 13.0 Å². The van der Waals surface area contributed by atoms with Crippen molar-refractivity contribution in [2.24, 2.45) is 5.73 Å². The van der Waals surface area contributed by atoms with Crippen LogP contribution in [0.25, 0.3) is 0 Å². The largest absolute Gasteiger partial charge is 0.454 e. The van der Waals surface area contributed by atoms with E-state index in [0.29, 0.717) is 5.76 Å². The summed E-state index contributed by atoms with van der Waals surface area (Å²) in [5.41, 5.74) is 6.29. The average molecular weight is 136 g/mol. The second-order valence-electron chi connectivity index (χ2n) is 2.11. The van der Waals surface area contributed by atoms with Crippen LogP contribution in [0.3, 0.4) is 0 Å². The van der Waals surface area contributed by atoms with Gasteiger partial charge >= 0.3 is 0 Å². The van der Waals surface area contributed by atoms with Crippen molar-refractivity contribution in [3.05, 3.63) is 23.7 Å². The van der Waals surface area contributed by atoms with E-state index >= 15 is 0 Å². The number of rotatable bonds is 1. The Labute approximate surface area is 59.1 Å². The lowest BCUT2D eigenvalue weighted by Gasteiger charge is -1.98. The molecule has 0 saturated carbocycles.